The van der Waals surface area contributed by atoms with E-state index in [1.165, 1.54) is 0 Å². The molecule has 1 unspecified atom stereocenters. The molecule has 0 radical (unpaired) electrons. The molecule has 0 aromatic heterocycles. The molecule has 5 N–H and O–H groups in total. The van der Waals surface area contributed by atoms with Gasteiger partial charge in [0.1, 0.15) is 11.8 Å². The number of hydrogen-bond donors (Lipinski definition) is 5. The van der Waals surface area contributed by atoms with Gasteiger partial charge in [0.15, 0.2) is 0 Å². The van der Waals surface area contributed by atoms with E-state index in [0.29, 0.717) is 0 Å². The highest BCUT2D eigenvalue weighted by Gasteiger charge is 2.54. The molecular formula is C7H13NO4. The van der Waals surface area contributed by atoms with Crippen molar-refractivity contribution in [3.05, 3.63) is 0 Å². The van der Waals surface area contributed by atoms with Crippen LogP contribution in [-0.2, 0) is 0 Å². The number of fused-ring (bicyclic) bond motifs is 2. The minimum absolute atomic E-state index is 0.0793. The Morgan fingerprint density at radius 1 is 1.17 bits per heavy atom. The Morgan fingerprint density at radius 3 is 2.50 bits per heavy atom. The molecule has 0 saturated carbocycles. The number of nitrogens with one attached hydrogen (secondary N) is 1. The molecule has 0 aromatic rings. The molecule has 2 aliphatic heterocycles. The maximum Gasteiger partial charge on any atom is 0.147 e. The third-order valence-electron chi connectivity index (χ3n) is 2.77. The van der Waals surface area contributed by atoms with E-state index in [0.717, 1.165) is 0 Å². The average molecular weight is 175 g/mol. The summed E-state index contributed by atoms with van der Waals surface area (Å²) in [6, 6.07) is -0.298. The van der Waals surface area contributed by atoms with Crippen LogP contribution in [0.1, 0.15) is 12.8 Å². The standard InChI is InChI=1S/C7H13NO4/c9-4-1-3-5(10)2-7(12,8-3)6(4)11/h3-6,8-12H,1-2H2/t3?,4-,5-,6+,7-/m1/s1. The van der Waals surface area contributed by atoms with Crippen LogP contribution in [0, 0.1) is 0 Å². The minimum atomic E-state index is -1.50. The molecule has 0 amide bonds. The van der Waals surface area contributed by atoms with E-state index in [1.54, 1.807) is 0 Å². The van der Waals surface area contributed by atoms with Gasteiger partial charge in [-0.3, -0.25) is 5.32 Å². The number of aliphatic hydroxyl groups is 4. The third-order valence-corrected chi connectivity index (χ3v) is 2.77. The van der Waals surface area contributed by atoms with Crippen molar-refractivity contribution in [3.63, 3.8) is 0 Å². The van der Waals surface area contributed by atoms with Crippen LogP contribution in [0.5, 0.6) is 0 Å². The molecule has 0 aliphatic carbocycles. The van der Waals surface area contributed by atoms with Crippen LogP contribution >= 0.6 is 0 Å². The maximum absolute atomic E-state index is 9.65. The van der Waals surface area contributed by atoms with Crippen LogP contribution < -0.4 is 5.32 Å². The maximum atomic E-state index is 9.65. The summed E-state index contributed by atoms with van der Waals surface area (Å²) < 4.78 is 0. The number of rotatable bonds is 0. The summed E-state index contributed by atoms with van der Waals surface area (Å²) in [5.41, 5.74) is -1.50. The van der Waals surface area contributed by atoms with Gasteiger partial charge >= 0.3 is 0 Å². The van der Waals surface area contributed by atoms with Gasteiger partial charge in [0.05, 0.1) is 12.2 Å². The van der Waals surface area contributed by atoms with Gasteiger partial charge in [-0.15, -0.1) is 0 Å². The first-order valence-electron chi connectivity index (χ1n) is 4.07. The van der Waals surface area contributed by atoms with Crippen molar-refractivity contribution in [3.8, 4) is 0 Å². The lowest BCUT2D eigenvalue weighted by molar-refractivity contribution is -0.153. The van der Waals surface area contributed by atoms with Crippen LogP contribution in [0.25, 0.3) is 0 Å². The highest BCUT2D eigenvalue weighted by atomic mass is 16.4. The van der Waals surface area contributed by atoms with Crippen molar-refractivity contribution in [2.75, 3.05) is 0 Å². The van der Waals surface area contributed by atoms with Crippen molar-refractivity contribution >= 4 is 0 Å². The van der Waals surface area contributed by atoms with E-state index >= 15 is 0 Å². The second kappa shape index (κ2) is 2.40. The Hall–Kier alpha value is -0.200. The van der Waals surface area contributed by atoms with Gasteiger partial charge in [0.2, 0.25) is 0 Å². The molecule has 5 heteroatoms. The summed E-state index contributed by atoms with van der Waals surface area (Å²) in [5.74, 6) is 0. The number of hydrogen-bond acceptors (Lipinski definition) is 5. The lowest BCUT2D eigenvalue weighted by Crippen LogP contribution is -2.61. The monoisotopic (exact) mass is 175 g/mol. The van der Waals surface area contributed by atoms with E-state index in [9.17, 15) is 20.4 Å². The van der Waals surface area contributed by atoms with E-state index in [2.05, 4.69) is 5.32 Å². The Morgan fingerprint density at radius 2 is 1.83 bits per heavy atom. The van der Waals surface area contributed by atoms with E-state index in [-0.39, 0.29) is 18.9 Å². The van der Waals surface area contributed by atoms with Gasteiger partial charge in [0, 0.05) is 12.5 Å². The van der Waals surface area contributed by atoms with Gasteiger partial charge in [-0.2, -0.15) is 0 Å². The highest BCUT2D eigenvalue weighted by Crippen LogP contribution is 2.34. The van der Waals surface area contributed by atoms with Crippen molar-refractivity contribution in [1.29, 1.82) is 0 Å². The Labute approximate surface area is 69.6 Å². The zero-order valence-corrected chi connectivity index (χ0v) is 6.51. The summed E-state index contributed by atoms with van der Waals surface area (Å²) in [6.07, 6.45) is -2.47. The normalized spacial score (nSPS) is 59.0. The molecule has 12 heavy (non-hydrogen) atoms. The number of piperidine rings is 1. The van der Waals surface area contributed by atoms with Crippen LogP contribution in [0.3, 0.4) is 0 Å². The Kier molecular flexibility index (Phi) is 1.68. The molecule has 2 saturated heterocycles. The smallest absolute Gasteiger partial charge is 0.147 e. The predicted octanol–water partition coefficient (Wildman–Crippen LogP) is -2.48. The molecule has 2 rings (SSSR count). The average Bonchev–Trinajstić information content (AvgIpc) is 2.22. The fraction of sp³-hybridized carbons (Fsp3) is 1.00. The van der Waals surface area contributed by atoms with Crippen LogP contribution in [0.2, 0.25) is 0 Å². The molecule has 5 nitrogen and oxygen atoms in total. The fourth-order valence-electron chi connectivity index (χ4n) is 2.07. The molecule has 2 bridgehead atoms. The molecule has 2 heterocycles. The second-order valence-corrected chi connectivity index (χ2v) is 3.69. The lowest BCUT2D eigenvalue weighted by atomic mass is 9.96. The van der Waals surface area contributed by atoms with Crippen LogP contribution in [0.15, 0.2) is 0 Å². The molecule has 5 atom stereocenters. The SMILES string of the molecule is O[C@@H]1C[C@]2(O)NC1C[C@@H](O)[C@@H]2O. The zero-order valence-electron chi connectivity index (χ0n) is 6.51. The first-order valence-corrected chi connectivity index (χ1v) is 4.07. The van der Waals surface area contributed by atoms with Gasteiger partial charge in [-0.1, -0.05) is 0 Å². The van der Waals surface area contributed by atoms with Gasteiger partial charge in [-0.25, -0.2) is 0 Å². The largest absolute Gasteiger partial charge is 0.391 e. The second-order valence-electron chi connectivity index (χ2n) is 3.69. The first-order chi connectivity index (χ1) is 5.53. The van der Waals surface area contributed by atoms with Crippen LogP contribution in [-0.4, -0.2) is 50.5 Å². The highest BCUT2D eigenvalue weighted by molar-refractivity contribution is 5.07. The lowest BCUT2D eigenvalue weighted by Gasteiger charge is -2.37. The van der Waals surface area contributed by atoms with Crippen molar-refractivity contribution in [2.45, 2.75) is 42.9 Å². The summed E-state index contributed by atoms with van der Waals surface area (Å²) >= 11 is 0. The molecule has 70 valence electrons. The molecule has 0 aromatic carbocycles. The molecule has 2 aliphatic rings. The topological polar surface area (TPSA) is 93.0 Å². The van der Waals surface area contributed by atoms with E-state index in [4.69, 9.17) is 0 Å². The minimum Gasteiger partial charge on any atom is -0.391 e. The zero-order chi connectivity index (χ0) is 8.93. The predicted molar refractivity (Wildman–Crippen MR) is 39.1 cm³/mol. The van der Waals surface area contributed by atoms with Crippen LogP contribution in [0.4, 0.5) is 0 Å². The Balaban J connectivity index is 2.24. The quantitative estimate of drug-likeness (QED) is 0.281. The van der Waals surface area contributed by atoms with Crippen molar-refractivity contribution < 1.29 is 20.4 Å². The summed E-state index contributed by atoms with van der Waals surface area (Å²) in [7, 11) is 0. The van der Waals surface area contributed by atoms with Gasteiger partial charge in [-0.05, 0) is 6.42 Å². The molecular weight excluding hydrogens is 162 g/mol. The summed E-state index contributed by atoms with van der Waals surface area (Å²) in [4.78, 5) is 0. The summed E-state index contributed by atoms with van der Waals surface area (Å²) in [5, 5.41) is 40.3. The van der Waals surface area contributed by atoms with Crippen molar-refractivity contribution in [2.24, 2.45) is 0 Å². The van der Waals surface area contributed by atoms with Crippen molar-refractivity contribution in [1.82, 2.24) is 5.32 Å². The fourth-order valence-corrected chi connectivity index (χ4v) is 2.07. The number of aliphatic hydroxyl groups excluding tert-OH is 3. The van der Waals surface area contributed by atoms with E-state index in [1.807, 2.05) is 0 Å². The Bertz CT molecular complexity index is 196. The van der Waals surface area contributed by atoms with E-state index < -0.39 is 24.0 Å². The molecule has 2 fully saturated rings. The molecule has 0 spiro atoms. The summed E-state index contributed by atoms with van der Waals surface area (Å²) in [6.45, 7) is 0. The van der Waals surface area contributed by atoms with Gasteiger partial charge < -0.3 is 20.4 Å². The first kappa shape index (κ1) is 8.40. The van der Waals surface area contributed by atoms with Gasteiger partial charge in [0.25, 0.3) is 0 Å². The third kappa shape index (κ3) is 0.982.